The van der Waals surface area contributed by atoms with E-state index in [0.29, 0.717) is 45.7 Å². The normalized spacial score (nSPS) is 18.0. The van der Waals surface area contributed by atoms with Crippen LogP contribution in [0.5, 0.6) is 0 Å². The van der Waals surface area contributed by atoms with Crippen molar-refractivity contribution in [1.82, 2.24) is 4.31 Å². The van der Waals surface area contributed by atoms with Gasteiger partial charge in [0.15, 0.2) is 0 Å². The van der Waals surface area contributed by atoms with Crippen LogP contribution < -0.4 is 5.32 Å². The van der Waals surface area contributed by atoms with Gasteiger partial charge in [-0.1, -0.05) is 40.9 Å². The van der Waals surface area contributed by atoms with Crippen LogP contribution in [0, 0.1) is 5.92 Å². The molecule has 1 atom stereocenters. The lowest BCUT2D eigenvalue weighted by Gasteiger charge is -2.31. The summed E-state index contributed by atoms with van der Waals surface area (Å²) in [6, 6.07) is 11.7. The first-order chi connectivity index (χ1) is 13.3. The van der Waals surface area contributed by atoms with Gasteiger partial charge in [0, 0.05) is 39.4 Å². The zero-order valence-electron chi connectivity index (χ0n) is 14.9. The molecule has 0 aliphatic carbocycles. The first-order valence-corrected chi connectivity index (χ1v) is 11.5. The number of anilines is 1. The molecule has 1 N–H and O–H groups in total. The smallest absolute Gasteiger partial charge is 0.228 e. The summed E-state index contributed by atoms with van der Waals surface area (Å²) in [5, 5.41) is 4.01. The Kier molecular flexibility index (Phi) is 6.89. The Labute approximate surface area is 179 Å². The van der Waals surface area contributed by atoms with Crippen molar-refractivity contribution < 1.29 is 13.2 Å². The van der Waals surface area contributed by atoms with E-state index in [1.165, 1.54) is 4.31 Å². The fourth-order valence-electron chi connectivity index (χ4n) is 3.13. The molecule has 1 fully saturated rings. The van der Waals surface area contributed by atoms with Crippen molar-refractivity contribution in [3.63, 3.8) is 0 Å². The van der Waals surface area contributed by atoms with Gasteiger partial charge < -0.3 is 5.32 Å². The predicted octanol–water partition coefficient (Wildman–Crippen LogP) is 4.83. The average molecular weight is 462 g/mol. The minimum Gasteiger partial charge on any atom is -0.326 e. The number of piperidine rings is 1. The molecule has 1 amide bonds. The molecule has 0 aromatic heterocycles. The topological polar surface area (TPSA) is 66.5 Å². The molecule has 1 saturated heterocycles. The maximum Gasteiger partial charge on any atom is 0.228 e. The van der Waals surface area contributed by atoms with Gasteiger partial charge in [-0.25, -0.2) is 12.7 Å². The van der Waals surface area contributed by atoms with E-state index in [-0.39, 0.29) is 18.2 Å². The minimum atomic E-state index is -3.66. The number of benzene rings is 2. The van der Waals surface area contributed by atoms with E-state index in [1.807, 2.05) is 0 Å². The second-order valence-electron chi connectivity index (χ2n) is 6.65. The summed E-state index contributed by atoms with van der Waals surface area (Å²) >= 11 is 18.1. The van der Waals surface area contributed by atoms with E-state index < -0.39 is 15.9 Å². The zero-order valence-corrected chi connectivity index (χ0v) is 18.0. The summed E-state index contributed by atoms with van der Waals surface area (Å²) in [5.74, 6) is -0.935. The van der Waals surface area contributed by atoms with Crippen molar-refractivity contribution >= 4 is 56.4 Å². The number of halogens is 3. The van der Waals surface area contributed by atoms with Crippen LogP contribution in [0.25, 0.3) is 0 Å². The zero-order chi connectivity index (χ0) is 20.3. The molecule has 2 aromatic carbocycles. The van der Waals surface area contributed by atoms with E-state index in [4.69, 9.17) is 34.8 Å². The monoisotopic (exact) mass is 460 g/mol. The van der Waals surface area contributed by atoms with E-state index in [2.05, 4.69) is 5.32 Å². The highest BCUT2D eigenvalue weighted by Gasteiger charge is 2.33. The summed E-state index contributed by atoms with van der Waals surface area (Å²) in [6.07, 6.45) is 1.23. The van der Waals surface area contributed by atoms with Gasteiger partial charge in [-0.2, -0.15) is 0 Å². The van der Waals surface area contributed by atoms with Gasteiger partial charge in [0.2, 0.25) is 15.9 Å². The highest BCUT2D eigenvalue weighted by atomic mass is 35.5. The third-order valence-electron chi connectivity index (χ3n) is 4.65. The SMILES string of the molecule is O=C(Nc1ccc(Cl)cc1)[C@@H]1CCCN(S(=O)(=O)Cc2c(Cl)cccc2Cl)C1. The quantitative estimate of drug-likeness (QED) is 0.693. The lowest BCUT2D eigenvalue weighted by Crippen LogP contribution is -2.44. The molecule has 1 aliphatic heterocycles. The second kappa shape index (κ2) is 9.01. The summed E-state index contributed by atoms with van der Waals surface area (Å²) in [6.45, 7) is 0.499. The Morgan fingerprint density at radius 1 is 1.07 bits per heavy atom. The largest absolute Gasteiger partial charge is 0.326 e. The number of hydrogen-bond acceptors (Lipinski definition) is 3. The lowest BCUT2D eigenvalue weighted by molar-refractivity contribution is -0.120. The molecule has 0 spiro atoms. The molecule has 3 rings (SSSR count). The van der Waals surface area contributed by atoms with Gasteiger partial charge in [0.25, 0.3) is 0 Å². The fraction of sp³-hybridized carbons (Fsp3) is 0.316. The van der Waals surface area contributed by atoms with E-state index in [0.717, 1.165) is 0 Å². The molecule has 0 radical (unpaired) electrons. The highest BCUT2D eigenvalue weighted by molar-refractivity contribution is 7.88. The maximum atomic E-state index is 12.9. The lowest BCUT2D eigenvalue weighted by atomic mass is 9.99. The molecule has 2 aromatic rings. The predicted molar refractivity (Wildman–Crippen MR) is 113 cm³/mol. The number of carbonyl (C=O) groups excluding carboxylic acids is 1. The number of amides is 1. The number of nitrogens with one attached hydrogen (secondary N) is 1. The molecule has 28 heavy (non-hydrogen) atoms. The third-order valence-corrected chi connectivity index (χ3v) is 7.38. The Balaban J connectivity index is 1.69. The Hall–Kier alpha value is -1.31. The van der Waals surface area contributed by atoms with Crippen molar-refractivity contribution in [3.05, 3.63) is 63.1 Å². The van der Waals surface area contributed by atoms with E-state index in [9.17, 15) is 13.2 Å². The molecular weight excluding hydrogens is 443 g/mol. The van der Waals surface area contributed by atoms with Crippen LogP contribution in [0.15, 0.2) is 42.5 Å². The van der Waals surface area contributed by atoms with Gasteiger partial charge in [-0.05, 0) is 49.2 Å². The van der Waals surface area contributed by atoms with Crippen molar-refractivity contribution in [2.24, 2.45) is 5.92 Å². The van der Waals surface area contributed by atoms with Crippen molar-refractivity contribution in [3.8, 4) is 0 Å². The van der Waals surface area contributed by atoms with Gasteiger partial charge in [0.1, 0.15) is 0 Å². The number of carbonyl (C=O) groups is 1. The van der Waals surface area contributed by atoms with Crippen LogP contribution in [0.2, 0.25) is 15.1 Å². The van der Waals surface area contributed by atoms with E-state index in [1.54, 1.807) is 42.5 Å². The molecule has 9 heteroatoms. The van der Waals surface area contributed by atoms with Crippen molar-refractivity contribution in [2.45, 2.75) is 18.6 Å². The van der Waals surface area contributed by atoms with Gasteiger partial charge in [0.05, 0.1) is 11.7 Å². The summed E-state index contributed by atoms with van der Waals surface area (Å²) in [7, 11) is -3.66. The molecule has 0 bridgehead atoms. The number of hydrogen-bond donors (Lipinski definition) is 1. The molecule has 150 valence electrons. The second-order valence-corrected chi connectivity index (χ2v) is 9.87. The van der Waals surface area contributed by atoms with E-state index >= 15 is 0 Å². The molecule has 0 unspecified atom stereocenters. The molecule has 1 aliphatic rings. The standard InChI is InChI=1S/C19H19Cl3N2O3S/c20-14-6-8-15(9-7-14)23-19(25)13-3-2-10-24(11-13)28(26,27)12-16-17(21)4-1-5-18(16)22/h1,4-9,13H,2-3,10-12H2,(H,23,25)/t13-/m1/s1. The molecule has 0 saturated carbocycles. The number of rotatable bonds is 5. The fourth-order valence-corrected chi connectivity index (χ4v) is 5.62. The van der Waals surface area contributed by atoms with Crippen LogP contribution >= 0.6 is 34.8 Å². The Morgan fingerprint density at radius 3 is 2.36 bits per heavy atom. The highest BCUT2D eigenvalue weighted by Crippen LogP contribution is 2.29. The number of nitrogens with zero attached hydrogens (tertiary/aromatic N) is 1. The van der Waals surface area contributed by atoms with Crippen LogP contribution in [-0.2, 0) is 20.6 Å². The molecule has 5 nitrogen and oxygen atoms in total. The maximum absolute atomic E-state index is 12.9. The summed E-state index contributed by atoms with van der Waals surface area (Å²) in [5.41, 5.74) is 0.996. The first kappa shape index (κ1) is 21.4. The Bertz CT molecular complexity index is 945. The van der Waals surface area contributed by atoms with Gasteiger partial charge in [-0.3, -0.25) is 4.79 Å². The summed E-state index contributed by atoms with van der Waals surface area (Å²) in [4.78, 5) is 12.6. The third kappa shape index (κ3) is 5.19. The van der Waals surface area contributed by atoms with Crippen LogP contribution in [0.4, 0.5) is 5.69 Å². The van der Waals surface area contributed by atoms with Crippen LogP contribution in [-0.4, -0.2) is 31.7 Å². The average Bonchev–Trinajstić information content (AvgIpc) is 2.67. The first-order valence-electron chi connectivity index (χ1n) is 8.73. The molecule has 1 heterocycles. The minimum absolute atomic E-state index is 0.129. The number of sulfonamides is 1. The Morgan fingerprint density at radius 2 is 1.71 bits per heavy atom. The molecular formula is C19H19Cl3N2O3S. The van der Waals surface area contributed by atoms with Gasteiger partial charge in [-0.15, -0.1) is 0 Å². The van der Waals surface area contributed by atoms with Crippen LogP contribution in [0.3, 0.4) is 0 Å². The van der Waals surface area contributed by atoms with Crippen molar-refractivity contribution in [1.29, 1.82) is 0 Å². The van der Waals surface area contributed by atoms with Crippen LogP contribution in [0.1, 0.15) is 18.4 Å². The summed E-state index contributed by atoms with van der Waals surface area (Å²) < 4.78 is 27.1. The van der Waals surface area contributed by atoms with Gasteiger partial charge >= 0.3 is 0 Å². The van der Waals surface area contributed by atoms with Crippen molar-refractivity contribution in [2.75, 3.05) is 18.4 Å².